The van der Waals surface area contributed by atoms with Crippen molar-refractivity contribution in [3.05, 3.63) is 78.8 Å². The van der Waals surface area contributed by atoms with Crippen LogP contribution < -0.4 is 16.4 Å². The summed E-state index contributed by atoms with van der Waals surface area (Å²) in [7, 11) is 0. The van der Waals surface area contributed by atoms with E-state index in [-0.39, 0.29) is 11.8 Å². The minimum atomic E-state index is -4.50. The number of hydrogen-bond donors (Lipinski definition) is 3. The number of amides is 3. The van der Waals surface area contributed by atoms with Crippen molar-refractivity contribution in [2.24, 2.45) is 11.7 Å². The number of hydrogen-bond acceptors (Lipinski definition) is 5. The molecule has 0 bridgehead atoms. The summed E-state index contributed by atoms with van der Waals surface area (Å²) in [5, 5.41) is 8.75. The second kappa shape index (κ2) is 15.4. The van der Waals surface area contributed by atoms with Gasteiger partial charge in [-0.2, -0.15) is 18.3 Å². The molecule has 1 aliphatic heterocycles. The molecule has 1 aliphatic rings. The maximum absolute atomic E-state index is 12.5. The van der Waals surface area contributed by atoms with Gasteiger partial charge in [0, 0.05) is 47.9 Å². The third-order valence-corrected chi connectivity index (χ3v) is 7.80. The van der Waals surface area contributed by atoms with Crippen molar-refractivity contribution in [3.63, 3.8) is 0 Å². The summed E-state index contributed by atoms with van der Waals surface area (Å²) >= 11 is 0. The Hall–Kier alpha value is -4.61. The number of urea groups is 1. The second-order valence-electron chi connectivity index (χ2n) is 11.1. The van der Waals surface area contributed by atoms with E-state index >= 15 is 0 Å². The quantitative estimate of drug-likeness (QED) is 0.153. The van der Waals surface area contributed by atoms with Crippen LogP contribution in [0.5, 0.6) is 0 Å². The molecule has 9 nitrogen and oxygen atoms in total. The molecule has 4 rings (SSSR count). The van der Waals surface area contributed by atoms with Crippen LogP contribution >= 0.6 is 0 Å². The predicted octanol–water partition coefficient (Wildman–Crippen LogP) is 6.70. The predicted molar refractivity (Wildman–Crippen MR) is 170 cm³/mol. The Bertz CT molecular complexity index is 1550. The summed E-state index contributed by atoms with van der Waals surface area (Å²) in [4.78, 5) is 30.8. The number of anilines is 1. The minimum Gasteiger partial charge on any atom is -0.402 e. The lowest BCUT2D eigenvalue weighted by Gasteiger charge is -2.32. The normalized spacial score (nSPS) is 14.9. The number of carbonyl (C=O) groups is 2. The van der Waals surface area contributed by atoms with Crippen LogP contribution in [0.2, 0.25) is 0 Å². The van der Waals surface area contributed by atoms with Gasteiger partial charge in [0.2, 0.25) is 5.91 Å². The van der Waals surface area contributed by atoms with Crippen molar-refractivity contribution in [2.75, 3.05) is 25.0 Å². The Kier molecular flexibility index (Phi) is 11.4. The van der Waals surface area contributed by atoms with Crippen molar-refractivity contribution < 1.29 is 22.8 Å². The maximum atomic E-state index is 12.5. The number of alkyl halides is 3. The summed E-state index contributed by atoms with van der Waals surface area (Å²) in [5.74, 6) is 0.440. The molecule has 240 valence electrons. The van der Waals surface area contributed by atoms with Crippen molar-refractivity contribution in [1.29, 1.82) is 0 Å². The number of aromatic nitrogens is 3. The summed E-state index contributed by atoms with van der Waals surface area (Å²) in [6.45, 7) is 6.12. The molecule has 3 amide bonds. The van der Waals surface area contributed by atoms with Gasteiger partial charge in [0.1, 0.15) is 6.54 Å². The van der Waals surface area contributed by atoms with E-state index in [4.69, 9.17) is 5.73 Å². The molecular formula is C33H40F3N7O2. The smallest absolute Gasteiger partial charge is 0.402 e. The van der Waals surface area contributed by atoms with Gasteiger partial charge in [0.15, 0.2) is 5.65 Å². The molecule has 1 aromatic carbocycles. The van der Waals surface area contributed by atoms with Crippen LogP contribution in [-0.4, -0.2) is 57.2 Å². The SMILES string of the molecule is C=C/C(=C\C=C(/N)C1CCN(C(=O)CCCCCC)CC1)c1cnn2c(-c3cccc(NC(=O)NCC(F)(F)F)c3)cnc2c1. The Morgan fingerprint density at radius 2 is 1.89 bits per heavy atom. The number of rotatable bonds is 12. The molecule has 45 heavy (non-hydrogen) atoms. The number of benzene rings is 1. The first-order valence-corrected chi connectivity index (χ1v) is 15.2. The number of nitrogens with zero attached hydrogens (tertiary/aromatic N) is 4. The summed E-state index contributed by atoms with van der Waals surface area (Å²) in [6, 6.07) is 7.57. The lowest BCUT2D eigenvalue weighted by molar-refractivity contribution is -0.132. The van der Waals surface area contributed by atoms with Crippen LogP contribution in [0.4, 0.5) is 23.7 Å². The molecule has 1 fully saturated rings. The number of carbonyl (C=O) groups excluding carboxylic acids is 2. The fraction of sp³-hybridized carbons (Fsp3) is 0.394. The Labute approximate surface area is 261 Å². The van der Waals surface area contributed by atoms with Crippen molar-refractivity contribution in [1.82, 2.24) is 24.8 Å². The Morgan fingerprint density at radius 3 is 2.60 bits per heavy atom. The molecule has 0 radical (unpaired) electrons. The van der Waals surface area contributed by atoms with E-state index in [0.717, 1.165) is 62.0 Å². The van der Waals surface area contributed by atoms with Crippen LogP contribution in [0.25, 0.3) is 22.5 Å². The zero-order valence-corrected chi connectivity index (χ0v) is 25.4. The van der Waals surface area contributed by atoms with Gasteiger partial charge in [0.25, 0.3) is 0 Å². The highest BCUT2D eigenvalue weighted by molar-refractivity contribution is 5.90. The molecule has 1 saturated heterocycles. The molecule has 2 aromatic heterocycles. The average Bonchev–Trinajstić information content (AvgIpc) is 3.46. The van der Waals surface area contributed by atoms with Gasteiger partial charge >= 0.3 is 12.2 Å². The zero-order chi connectivity index (χ0) is 32.4. The fourth-order valence-corrected chi connectivity index (χ4v) is 5.27. The van der Waals surface area contributed by atoms with E-state index in [0.29, 0.717) is 29.0 Å². The lowest BCUT2D eigenvalue weighted by atomic mass is 9.92. The zero-order valence-electron chi connectivity index (χ0n) is 25.4. The molecule has 0 unspecified atom stereocenters. The first-order chi connectivity index (χ1) is 21.6. The molecule has 4 N–H and O–H groups in total. The van der Waals surface area contributed by atoms with Gasteiger partial charge in [-0.15, -0.1) is 0 Å². The van der Waals surface area contributed by atoms with Crippen molar-refractivity contribution in [2.45, 2.75) is 58.0 Å². The van der Waals surface area contributed by atoms with E-state index in [2.05, 4.69) is 28.9 Å². The third kappa shape index (κ3) is 9.44. The molecule has 0 saturated carbocycles. The summed E-state index contributed by atoms with van der Waals surface area (Å²) in [6.07, 6.45) is 11.0. The fourth-order valence-electron chi connectivity index (χ4n) is 5.27. The van der Waals surface area contributed by atoms with Crippen LogP contribution in [0.15, 0.2) is 73.2 Å². The Morgan fingerprint density at radius 1 is 1.11 bits per heavy atom. The number of unbranched alkanes of at least 4 members (excludes halogenated alkanes) is 3. The highest BCUT2D eigenvalue weighted by atomic mass is 19.4. The standard InChI is InChI=1S/C33H40F3N7O2/c1-3-5-6-7-11-31(44)42-16-14-24(15-17-42)28(37)13-12-23(4-2)26-19-30-38-21-29(43(30)40-20-26)25-9-8-10-27(18-25)41-32(45)39-22-33(34,35)36/h4,8-10,12-13,18-21,24H,2-3,5-7,11,14-17,22,37H2,1H3,(H2,39,41,45)/b23-12+,28-13-. The van der Waals surface area contributed by atoms with Gasteiger partial charge < -0.3 is 21.3 Å². The van der Waals surface area contributed by atoms with Crippen LogP contribution in [-0.2, 0) is 4.79 Å². The highest BCUT2D eigenvalue weighted by Gasteiger charge is 2.28. The monoisotopic (exact) mass is 623 g/mol. The van der Waals surface area contributed by atoms with E-state index < -0.39 is 18.8 Å². The number of imidazole rings is 1. The van der Waals surface area contributed by atoms with E-state index in [1.807, 2.05) is 23.1 Å². The topological polar surface area (TPSA) is 118 Å². The van der Waals surface area contributed by atoms with Gasteiger partial charge in [0.05, 0.1) is 18.1 Å². The molecule has 0 aliphatic carbocycles. The lowest BCUT2D eigenvalue weighted by Crippen LogP contribution is -2.39. The number of nitrogens with two attached hydrogens (primary N) is 1. The number of allylic oxidation sites excluding steroid dienone is 5. The largest absolute Gasteiger partial charge is 0.405 e. The highest BCUT2D eigenvalue weighted by Crippen LogP contribution is 2.26. The van der Waals surface area contributed by atoms with Gasteiger partial charge in [-0.1, -0.05) is 57.0 Å². The van der Waals surface area contributed by atoms with E-state index in [9.17, 15) is 22.8 Å². The molecule has 3 aromatic rings. The molecule has 3 heterocycles. The summed E-state index contributed by atoms with van der Waals surface area (Å²) < 4.78 is 38.8. The summed E-state index contributed by atoms with van der Waals surface area (Å²) in [5.41, 5.74) is 11.0. The number of nitrogens with one attached hydrogen (secondary N) is 2. The maximum Gasteiger partial charge on any atom is 0.405 e. The van der Waals surface area contributed by atoms with E-state index in [1.165, 1.54) is 6.42 Å². The average molecular weight is 624 g/mol. The first-order valence-electron chi connectivity index (χ1n) is 15.2. The van der Waals surface area contributed by atoms with E-state index in [1.54, 1.807) is 52.6 Å². The van der Waals surface area contributed by atoms with Gasteiger partial charge in [-0.3, -0.25) is 4.79 Å². The number of likely N-dealkylation sites (tertiary alicyclic amines) is 1. The number of piperidine rings is 1. The van der Waals surface area contributed by atoms with Gasteiger partial charge in [-0.25, -0.2) is 14.3 Å². The van der Waals surface area contributed by atoms with Crippen LogP contribution in [0, 0.1) is 5.92 Å². The van der Waals surface area contributed by atoms with Gasteiger partial charge in [-0.05, 0) is 49.1 Å². The van der Waals surface area contributed by atoms with Crippen LogP contribution in [0.3, 0.4) is 0 Å². The minimum absolute atomic E-state index is 0.202. The number of halogens is 3. The van der Waals surface area contributed by atoms with Crippen molar-refractivity contribution in [3.8, 4) is 11.3 Å². The molecule has 0 atom stereocenters. The van der Waals surface area contributed by atoms with Crippen molar-refractivity contribution >= 4 is 28.8 Å². The van der Waals surface area contributed by atoms with Crippen LogP contribution in [0.1, 0.15) is 57.4 Å². The molecule has 0 spiro atoms. The third-order valence-electron chi connectivity index (χ3n) is 7.80. The molecule has 12 heteroatoms. The number of fused-ring (bicyclic) bond motifs is 1. The molecular weight excluding hydrogens is 583 g/mol. The second-order valence-corrected chi connectivity index (χ2v) is 11.1. The first kappa shape index (κ1) is 33.3. The Balaban J connectivity index is 1.40.